The van der Waals surface area contributed by atoms with E-state index in [-0.39, 0.29) is 99.4 Å². The number of hydrogen-bond acceptors (Lipinski definition) is 26. The summed E-state index contributed by atoms with van der Waals surface area (Å²) in [6.07, 6.45) is 3.91. The molecule has 0 N–H and O–H groups in total. The molecule has 6 aliphatic heterocycles. The summed E-state index contributed by atoms with van der Waals surface area (Å²) >= 11 is 0. The maximum Gasteiger partial charge on any atom is 0.347 e. The Labute approximate surface area is 513 Å². The highest BCUT2D eigenvalue weighted by atomic mass is 32.2. The lowest BCUT2D eigenvalue weighted by atomic mass is 9.67. The number of nitrogens with zero attached hydrogens (tertiary/aromatic N) is 1. The molecule has 6 heterocycles. The van der Waals surface area contributed by atoms with Crippen molar-refractivity contribution in [2.75, 3.05) is 19.8 Å². The standard InChI is InChI=1S/C16H20O6.C14H16O6.C13H13NO4.C11H14O5S.C8H10O4/c1-8(2)15(18)20-7-13(17)22-14-10-3-9-4-11(6-10)16(19)21-12(14)5-9;1-6(2)13(16)18-5-10(15)19-11-7-3-8-9(4-7)14(17)20-12(8)11;1-6(2)11(15)17-9-7-3-8-10(9)18-12(16)13(8,4-7)5-14;1-5(2)11(12)15-9-6-3-7-8(4-6)17(13,14)16-10(7)9;1-5(2)7(9)12-6-3-4-11-8(6)10/h9-12,14H,1,3-7H2,2H3;7-9,11-12H,1,3-5H2,2H3;7-10H,1,3-4H2,2H3;6-10H,1,3-4H2,2H3;6H,1,3-4H2,2H3. The fourth-order valence-electron chi connectivity index (χ4n) is 15.0. The number of hydrogen-bond donors (Lipinski definition) is 0. The molecule has 26 nitrogen and oxygen atoms in total. The van der Waals surface area contributed by atoms with Crippen molar-refractivity contribution in [2.45, 2.75) is 165 Å². The topological polar surface area (TPSA) is 356 Å². The van der Waals surface area contributed by atoms with E-state index in [1.54, 1.807) is 13.8 Å². The SMILES string of the molecule is C=C(C)C(=O)OC1C2CC3C1OC(=O)C3(C#N)C2.C=C(C)C(=O)OC1C2CC3C1OS(=O)(=O)C3C2.C=C(C)C(=O)OC1CCOC1=O.C=C(C)C(=O)OCC(=O)OC1C2CC3C(=O)OC1C3C2.C=C(C)C(=O)OCC(=O)OC1C2CC3CC(C2)C(=O)OC1C3. The second-order valence-electron chi connectivity index (χ2n) is 25.4. The number of carbonyl (C=O) groups excluding carboxylic acids is 11. The zero-order valence-corrected chi connectivity index (χ0v) is 50.9. The minimum atomic E-state index is -3.43. The van der Waals surface area contributed by atoms with Crippen LogP contribution in [0.15, 0.2) is 60.8 Å². The highest BCUT2D eigenvalue weighted by molar-refractivity contribution is 7.87. The molecular weight excluding hydrogens is 1190 g/mol. The smallest absolute Gasteiger partial charge is 0.347 e. The molecule has 21 unspecified atom stereocenters. The predicted octanol–water partition coefficient (Wildman–Crippen LogP) is 3.96. The fraction of sp³-hybridized carbons (Fsp3) is 0.645. The van der Waals surface area contributed by atoms with Crippen LogP contribution >= 0.6 is 0 Å². The first-order chi connectivity index (χ1) is 41.9. The van der Waals surface area contributed by atoms with Gasteiger partial charge in [0.05, 0.1) is 29.8 Å². The van der Waals surface area contributed by atoms with Crippen LogP contribution in [0.1, 0.15) is 105 Å². The van der Waals surface area contributed by atoms with Gasteiger partial charge >= 0.3 is 65.7 Å². The third-order valence-electron chi connectivity index (χ3n) is 19.0. The van der Waals surface area contributed by atoms with Crippen LogP contribution in [0.5, 0.6) is 0 Å². The van der Waals surface area contributed by atoms with Crippen molar-refractivity contribution >= 4 is 75.8 Å². The summed E-state index contributed by atoms with van der Waals surface area (Å²) in [7, 11) is -3.43. The number of fused-ring (bicyclic) bond motifs is 4. The Balaban J connectivity index is 0.000000134. The Morgan fingerprint density at radius 3 is 1.66 bits per heavy atom. The lowest BCUT2D eigenvalue weighted by Gasteiger charge is -2.41. The molecule has 10 bridgehead atoms. The Bertz CT molecular complexity index is 3210. The average Bonchev–Trinajstić information content (AvgIpc) is 1.57. The van der Waals surface area contributed by atoms with Gasteiger partial charge in [0.25, 0.3) is 10.1 Å². The summed E-state index contributed by atoms with van der Waals surface area (Å²) in [5.41, 5.74) is 0.411. The molecule has 14 rings (SSSR count). The quantitative estimate of drug-likeness (QED) is 0.103. The third kappa shape index (κ3) is 13.4. The average molecular weight is 1260 g/mol. The molecule has 14 aliphatic rings. The van der Waals surface area contributed by atoms with Gasteiger partial charge in [0.15, 0.2) is 18.6 Å². The van der Waals surface area contributed by atoms with Gasteiger partial charge in [-0.15, -0.1) is 0 Å². The van der Waals surface area contributed by atoms with E-state index in [1.807, 2.05) is 0 Å². The normalized spacial score (nSPS) is 37.3. The maximum atomic E-state index is 11.9. The van der Waals surface area contributed by atoms with Gasteiger partial charge in [-0.3, -0.25) is 18.6 Å². The predicted molar refractivity (Wildman–Crippen MR) is 297 cm³/mol. The van der Waals surface area contributed by atoms with Gasteiger partial charge in [0.2, 0.25) is 6.10 Å². The minimum Gasteiger partial charge on any atom is -0.463 e. The van der Waals surface area contributed by atoms with Crippen molar-refractivity contribution in [3.63, 3.8) is 0 Å². The molecule has 89 heavy (non-hydrogen) atoms. The van der Waals surface area contributed by atoms with E-state index in [2.05, 4.69) is 43.7 Å². The van der Waals surface area contributed by atoms with E-state index in [4.69, 9.17) is 51.6 Å². The zero-order valence-electron chi connectivity index (χ0n) is 50.0. The number of cyclic esters (lactones) is 1. The van der Waals surface area contributed by atoms with Crippen LogP contribution in [-0.2, 0) is 119 Å². The monoisotopic (exact) mass is 1260 g/mol. The fourth-order valence-corrected chi connectivity index (χ4v) is 16.8. The van der Waals surface area contributed by atoms with Gasteiger partial charge < -0.3 is 52.1 Å². The molecule has 0 aromatic rings. The molecular formula is C62H73NO25S. The molecule has 14 fully saturated rings. The van der Waals surface area contributed by atoms with E-state index in [1.165, 1.54) is 20.8 Å². The van der Waals surface area contributed by atoms with Gasteiger partial charge in [0.1, 0.15) is 48.8 Å². The van der Waals surface area contributed by atoms with Crippen molar-refractivity contribution in [3.05, 3.63) is 60.8 Å². The first-order valence-corrected chi connectivity index (χ1v) is 31.1. The Morgan fingerprint density at radius 1 is 0.551 bits per heavy atom. The first kappa shape index (κ1) is 65.7. The number of esters is 11. The molecule has 8 saturated carbocycles. The molecule has 0 aromatic heterocycles. The molecule has 482 valence electrons. The summed E-state index contributed by atoms with van der Waals surface area (Å²) in [4.78, 5) is 126. The molecule has 8 aliphatic carbocycles. The van der Waals surface area contributed by atoms with Gasteiger partial charge in [0, 0.05) is 75.7 Å². The van der Waals surface area contributed by atoms with Crippen LogP contribution in [0.2, 0.25) is 0 Å². The second-order valence-corrected chi connectivity index (χ2v) is 27.2. The number of carbonyl (C=O) groups is 11. The molecule has 0 amide bonds. The summed E-state index contributed by atoms with van der Waals surface area (Å²) in [5.74, 6) is -4.19. The molecule has 0 aromatic carbocycles. The van der Waals surface area contributed by atoms with Gasteiger partial charge in [-0.2, -0.15) is 13.7 Å². The molecule has 0 spiro atoms. The van der Waals surface area contributed by atoms with Crippen molar-refractivity contribution in [1.29, 1.82) is 5.26 Å². The Morgan fingerprint density at radius 2 is 1.09 bits per heavy atom. The highest BCUT2D eigenvalue weighted by Gasteiger charge is 2.72. The summed E-state index contributed by atoms with van der Waals surface area (Å²) in [5, 5.41) is 8.84. The lowest BCUT2D eigenvalue weighted by molar-refractivity contribution is -0.177. The highest BCUT2D eigenvalue weighted by Crippen LogP contribution is 2.62. The second kappa shape index (κ2) is 26.0. The zero-order chi connectivity index (χ0) is 64.9. The number of nitriles is 1. The molecule has 6 saturated heterocycles. The Kier molecular flexibility index (Phi) is 19.2. The van der Waals surface area contributed by atoms with Crippen molar-refractivity contribution in [1.82, 2.24) is 0 Å². The van der Waals surface area contributed by atoms with Crippen LogP contribution in [0.4, 0.5) is 0 Å². The molecule has 21 atom stereocenters. The van der Waals surface area contributed by atoms with Crippen molar-refractivity contribution in [2.24, 2.45) is 64.6 Å². The Hall–Kier alpha value is -7.73. The van der Waals surface area contributed by atoms with Crippen LogP contribution in [0.3, 0.4) is 0 Å². The largest absolute Gasteiger partial charge is 0.463 e. The van der Waals surface area contributed by atoms with E-state index in [0.29, 0.717) is 42.9 Å². The first-order valence-electron chi connectivity index (χ1n) is 29.7. The van der Waals surface area contributed by atoms with Gasteiger partial charge in [-0.05, 0) is 105 Å². The molecule has 27 heteroatoms. The van der Waals surface area contributed by atoms with E-state index < -0.39 is 125 Å². The van der Waals surface area contributed by atoms with Gasteiger partial charge in [-0.25, -0.2) is 38.4 Å². The lowest BCUT2D eigenvalue weighted by Crippen LogP contribution is -2.45. The molecule has 0 radical (unpaired) electrons. The van der Waals surface area contributed by atoms with Crippen molar-refractivity contribution < 1.29 is 117 Å². The van der Waals surface area contributed by atoms with Crippen molar-refractivity contribution in [3.8, 4) is 6.07 Å². The summed E-state index contributed by atoms with van der Waals surface area (Å²) in [6.45, 7) is 24.4. The summed E-state index contributed by atoms with van der Waals surface area (Å²) in [6, 6.07) is 2.11. The van der Waals surface area contributed by atoms with E-state index in [9.17, 15) is 66.4 Å². The van der Waals surface area contributed by atoms with Crippen LogP contribution in [0.25, 0.3) is 0 Å². The number of rotatable bonds is 14. The van der Waals surface area contributed by atoms with Crippen LogP contribution < -0.4 is 0 Å². The summed E-state index contributed by atoms with van der Waals surface area (Å²) < 4.78 is 84.8. The van der Waals surface area contributed by atoms with E-state index in [0.717, 1.165) is 51.4 Å². The van der Waals surface area contributed by atoms with Crippen LogP contribution in [-0.4, -0.2) is 154 Å². The van der Waals surface area contributed by atoms with E-state index >= 15 is 0 Å². The maximum absolute atomic E-state index is 11.9. The third-order valence-corrected chi connectivity index (χ3v) is 20.7. The van der Waals surface area contributed by atoms with Gasteiger partial charge in [-0.1, -0.05) is 32.9 Å². The van der Waals surface area contributed by atoms with Crippen LogP contribution in [0, 0.1) is 75.9 Å². The number of ether oxygens (including phenoxy) is 11. The minimum absolute atomic E-state index is 0.00733.